The SMILES string of the molecule is CCN(CC)CCCN1C(=O)C(=O)C(=C(O)c2ccc3c(c2)C[C@H](C)O3)[C@H]1c1cccc(Cl)c1. The van der Waals surface area contributed by atoms with Gasteiger partial charge in [0, 0.05) is 23.6 Å². The lowest BCUT2D eigenvalue weighted by Crippen LogP contribution is -2.33. The Balaban J connectivity index is 1.73. The number of halogens is 1. The number of hydrogen-bond acceptors (Lipinski definition) is 5. The van der Waals surface area contributed by atoms with E-state index in [2.05, 4.69) is 18.7 Å². The van der Waals surface area contributed by atoms with Gasteiger partial charge in [-0.1, -0.05) is 37.6 Å². The summed E-state index contributed by atoms with van der Waals surface area (Å²) in [6.07, 6.45) is 1.52. The number of rotatable bonds is 8. The second-order valence-corrected chi connectivity index (χ2v) is 9.32. The summed E-state index contributed by atoms with van der Waals surface area (Å²) in [5, 5.41) is 11.8. The summed E-state index contributed by atoms with van der Waals surface area (Å²) in [6.45, 7) is 9.27. The van der Waals surface area contributed by atoms with Crippen LogP contribution in [0.25, 0.3) is 5.76 Å². The quantitative estimate of drug-likeness (QED) is 0.332. The number of nitrogens with zero attached hydrogens (tertiary/aromatic N) is 2. The molecule has 2 aliphatic rings. The Morgan fingerprint density at radius 2 is 1.94 bits per heavy atom. The topological polar surface area (TPSA) is 70.1 Å². The predicted octanol–water partition coefficient (Wildman–Crippen LogP) is 4.82. The molecule has 180 valence electrons. The number of likely N-dealkylation sites (tertiary alicyclic amines) is 1. The summed E-state index contributed by atoms with van der Waals surface area (Å²) in [6, 6.07) is 11.8. The average Bonchev–Trinajstić information content (AvgIpc) is 3.32. The van der Waals surface area contributed by atoms with E-state index >= 15 is 0 Å². The van der Waals surface area contributed by atoms with E-state index in [0.29, 0.717) is 22.7 Å². The maximum atomic E-state index is 13.2. The molecule has 2 aromatic rings. The fraction of sp³-hybridized carbons (Fsp3) is 0.407. The molecular weight excluding hydrogens is 452 g/mol. The van der Waals surface area contributed by atoms with Gasteiger partial charge in [0.05, 0.1) is 11.6 Å². The molecule has 2 atom stereocenters. The zero-order valence-electron chi connectivity index (χ0n) is 19.9. The first-order valence-corrected chi connectivity index (χ1v) is 12.3. The minimum atomic E-state index is -0.696. The fourth-order valence-electron chi connectivity index (χ4n) is 4.86. The van der Waals surface area contributed by atoms with Crippen molar-refractivity contribution in [1.29, 1.82) is 0 Å². The molecule has 0 spiro atoms. The monoisotopic (exact) mass is 482 g/mol. The Labute approximate surface area is 205 Å². The first-order valence-electron chi connectivity index (χ1n) is 11.9. The number of fused-ring (bicyclic) bond motifs is 1. The third kappa shape index (κ3) is 4.70. The fourth-order valence-corrected chi connectivity index (χ4v) is 5.06. The minimum Gasteiger partial charge on any atom is -0.507 e. The number of Topliss-reactive ketones (excluding diaryl/α,β-unsaturated/α-hetero) is 1. The van der Waals surface area contributed by atoms with Gasteiger partial charge in [-0.2, -0.15) is 0 Å². The summed E-state index contributed by atoms with van der Waals surface area (Å²) in [4.78, 5) is 30.2. The molecule has 0 bridgehead atoms. The molecule has 1 saturated heterocycles. The predicted molar refractivity (Wildman–Crippen MR) is 133 cm³/mol. The van der Waals surface area contributed by atoms with Gasteiger partial charge in [0.2, 0.25) is 0 Å². The molecule has 1 amide bonds. The van der Waals surface area contributed by atoms with E-state index in [-0.39, 0.29) is 17.4 Å². The van der Waals surface area contributed by atoms with Gasteiger partial charge in [-0.05, 0) is 74.4 Å². The van der Waals surface area contributed by atoms with Gasteiger partial charge in [-0.25, -0.2) is 0 Å². The zero-order chi connectivity index (χ0) is 24.4. The van der Waals surface area contributed by atoms with Crippen LogP contribution in [0, 0.1) is 0 Å². The Bertz CT molecular complexity index is 1130. The number of amides is 1. The van der Waals surface area contributed by atoms with E-state index in [1.807, 2.05) is 25.1 Å². The molecule has 0 unspecified atom stereocenters. The van der Waals surface area contributed by atoms with E-state index < -0.39 is 17.7 Å². The van der Waals surface area contributed by atoms with Gasteiger partial charge in [-0.3, -0.25) is 9.59 Å². The van der Waals surface area contributed by atoms with Crippen molar-refractivity contribution in [1.82, 2.24) is 9.80 Å². The van der Waals surface area contributed by atoms with Crippen molar-refractivity contribution < 1.29 is 19.4 Å². The van der Waals surface area contributed by atoms with Crippen LogP contribution in [0.1, 0.15) is 49.9 Å². The highest BCUT2D eigenvalue weighted by Gasteiger charge is 2.46. The largest absolute Gasteiger partial charge is 0.507 e. The van der Waals surface area contributed by atoms with Crippen LogP contribution in [-0.4, -0.2) is 58.9 Å². The molecule has 0 saturated carbocycles. The molecule has 1 N–H and O–H groups in total. The van der Waals surface area contributed by atoms with Crippen LogP contribution in [0.2, 0.25) is 5.02 Å². The number of ether oxygens (including phenoxy) is 1. The van der Waals surface area contributed by atoms with Crippen molar-refractivity contribution in [2.24, 2.45) is 0 Å². The normalized spacial score (nSPS) is 21.3. The van der Waals surface area contributed by atoms with Crippen LogP contribution in [0.3, 0.4) is 0 Å². The smallest absolute Gasteiger partial charge is 0.295 e. The number of carbonyl (C=O) groups is 2. The van der Waals surface area contributed by atoms with E-state index in [4.69, 9.17) is 16.3 Å². The van der Waals surface area contributed by atoms with E-state index in [9.17, 15) is 14.7 Å². The molecule has 34 heavy (non-hydrogen) atoms. The number of aliphatic hydroxyl groups is 1. The Morgan fingerprint density at radius 1 is 1.18 bits per heavy atom. The summed E-state index contributed by atoms with van der Waals surface area (Å²) in [5.74, 6) is -0.649. The lowest BCUT2D eigenvalue weighted by atomic mass is 9.94. The van der Waals surface area contributed by atoms with Crippen LogP contribution in [0.15, 0.2) is 48.0 Å². The number of carbonyl (C=O) groups excluding carboxylic acids is 2. The highest BCUT2D eigenvalue weighted by Crippen LogP contribution is 2.41. The third-order valence-corrected chi connectivity index (χ3v) is 6.88. The number of benzene rings is 2. The van der Waals surface area contributed by atoms with E-state index in [1.165, 1.54) is 0 Å². The van der Waals surface area contributed by atoms with Crippen molar-refractivity contribution >= 4 is 29.1 Å². The summed E-state index contributed by atoms with van der Waals surface area (Å²) >= 11 is 6.26. The minimum absolute atomic E-state index is 0.0650. The van der Waals surface area contributed by atoms with E-state index in [1.54, 1.807) is 29.2 Å². The Morgan fingerprint density at radius 3 is 2.65 bits per heavy atom. The van der Waals surface area contributed by atoms with Crippen molar-refractivity contribution in [2.75, 3.05) is 26.2 Å². The molecule has 2 aliphatic heterocycles. The standard InChI is InChI=1S/C27H31ClN2O4/c1-4-29(5-2)12-7-13-30-24(18-8-6-9-21(28)16-18)23(26(32)27(30)33)25(31)19-10-11-22-20(15-19)14-17(3)34-22/h6,8-11,15-17,24,31H,4-5,7,12-14H2,1-3H3/t17-,24+/m0/s1. The van der Waals surface area contributed by atoms with Crippen molar-refractivity contribution in [2.45, 2.75) is 45.8 Å². The number of aliphatic hydroxyl groups excluding tert-OH is 1. The second kappa shape index (κ2) is 10.2. The molecule has 7 heteroatoms. The van der Waals surface area contributed by atoms with Crippen molar-refractivity contribution in [3.8, 4) is 5.75 Å². The highest BCUT2D eigenvalue weighted by molar-refractivity contribution is 6.46. The maximum absolute atomic E-state index is 13.2. The van der Waals surface area contributed by atoms with Gasteiger partial charge < -0.3 is 19.6 Å². The van der Waals surface area contributed by atoms with Crippen LogP contribution < -0.4 is 4.74 Å². The molecule has 0 aromatic heterocycles. The van der Waals surface area contributed by atoms with Gasteiger partial charge in [0.15, 0.2) is 0 Å². The molecule has 6 nitrogen and oxygen atoms in total. The van der Waals surface area contributed by atoms with Gasteiger partial charge in [0.1, 0.15) is 17.6 Å². The zero-order valence-corrected chi connectivity index (χ0v) is 20.6. The van der Waals surface area contributed by atoms with Gasteiger partial charge in [0.25, 0.3) is 11.7 Å². The molecular formula is C27H31ClN2O4. The van der Waals surface area contributed by atoms with Gasteiger partial charge in [-0.15, -0.1) is 0 Å². The van der Waals surface area contributed by atoms with Crippen molar-refractivity contribution in [3.63, 3.8) is 0 Å². The van der Waals surface area contributed by atoms with Crippen LogP contribution in [0.4, 0.5) is 0 Å². The first-order chi connectivity index (χ1) is 16.3. The molecule has 2 heterocycles. The molecule has 2 aromatic carbocycles. The summed E-state index contributed by atoms with van der Waals surface area (Å²) < 4.78 is 5.76. The van der Waals surface area contributed by atoms with Crippen LogP contribution >= 0.6 is 11.6 Å². The summed E-state index contributed by atoms with van der Waals surface area (Å²) in [7, 11) is 0. The molecule has 0 radical (unpaired) electrons. The summed E-state index contributed by atoms with van der Waals surface area (Å²) in [5.41, 5.74) is 2.28. The lowest BCUT2D eigenvalue weighted by Gasteiger charge is -2.27. The number of hydrogen-bond donors (Lipinski definition) is 1. The average molecular weight is 483 g/mol. The molecule has 0 aliphatic carbocycles. The van der Waals surface area contributed by atoms with Gasteiger partial charge >= 0.3 is 0 Å². The Kier molecular flexibility index (Phi) is 7.29. The first kappa shape index (κ1) is 24.3. The van der Waals surface area contributed by atoms with E-state index in [0.717, 1.165) is 43.8 Å². The molecule has 1 fully saturated rings. The molecule has 4 rings (SSSR count). The second-order valence-electron chi connectivity index (χ2n) is 8.88. The maximum Gasteiger partial charge on any atom is 0.295 e. The van der Waals surface area contributed by atoms with Crippen LogP contribution in [-0.2, 0) is 16.0 Å². The number of ketones is 1. The lowest BCUT2D eigenvalue weighted by molar-refractivity contribution is -0.140. The van der Waals surface area contributed by atoms with Crippen LogP contribution in [0.5, 0.6) is 5.75 Å². The third-order valence-electron chi connectivity index (χ3n) is 6.64. The van der Waals surface area contributed by atoms with Crippen molar-refractivity contribution in [3.05, 3.63) is 69.8 Å². The highest BCUT2D eigenvalue weighted by atomic mass is 35.5. The Hall–Kier alpha value is -2.83.